The van der Waals surface area contributed by atoms with Crippen LogP contribution >= 0.6 is 0 Å². The van der Waals surface area contributed by atoms with Crippen LogP contribution in [0.4, 0.5) is 0 Å². The lowest BCUT2D eigenvalue weighted by Crippen LogP contribution is -2.48. The molecule has 2 rings (SSSR count). The van der Waals surface area contributed by atoms with Gasteiger partial charge in [-0.1, -0.05) is 147 Å². The van der Waals surface area contributed by atoms with E-state index in [-0.39, 0.29) is 6.10 Å². The molecule has 1 heterocycles. The predicted octanol–water partition coefficient (Wildman–Crippen LogP) is 12.4. The molecule has 0 spiro atoms. The maximum atomic E-state index is 11.6. The Hall–Kier alpha value is -0.900. The molecule has 0 aromatic carbocycles. The van der Waals surface area contributed by atoms with E-state index in [0.29, 0.717) is 5.92 Å². The molecule has 1 aliphatic carbocycles. The van der Waals surface area contributed by atoms with Crippen molar-refractivity contribution in [3.63, 3.8) is 0 Å². The highest BCUT2D eigenvalue weighted by atomic mass is 16.6. The predicted molar refractivity (Wildman–Crippen MR) is 198 cm³/mol. The minimum atomic E-state index is -0.909. The minimum Gasteiger partial charge on any atom is -0.365 e. The van der Waals surface area contributed by atoms with Crippen LogP contribution in [0, 0.1) is 17.8 Å². The molecule has 2 aliphatic rings. The second-order valence-corrected chi connectivity index (χ2v) is 14.9. The van der Waals surface area contributed by atoms with Gasteiger partial charge < -0.3 is 15.2 Å². The van der Waals surface area contributed by atoms with Crippen molar-refractivity contribution in [1.82, 2.24) is 5.32 Å². The molecule has 1 aliphatic heterocycles. The van der Waals surface area contributed by atoms with Gasteiger partial charge in [0.05, 0.1) is 6.10 Å². The highest BCUT2D eigenvalue weighted by Gasteiger charge is 2.47. The lowest BCUT2D eigenvalue weighted by molar-refractivity contribution is -0.269. The number of fused-ring (bicyclic) bond motifs is 1. The smallest absolute Gasteiger partial charge is 0.165 e. The molecule has 0 aromatic rings. The Morgan fingerprint density at radius 3 is 1.87 bits per heavy atom. The molecule has 5 atom stereocenters. The second-order valence-electron chi connectivity index (χ2n) is 14.9. The zero-order valence-electron chi connectivity index (χ0n) is 30.4. The summed E-state index contributed by atoms with van der Waals surface area (Å²) in [5.74, 6) is 1.31. The van der Waals surface area contributed by atoms with E-state index in [2.05, 4.69) is 62.5 Å². The Labute approximate surface area is 281 Å². The summed E-state index contributed by atoms with van der Waals surface area (Å²) in [7, 11) is 0. The highest BCUT2D eigenvalue weighted by Crippen LogP contribution is 2.42. The zero-order chi connectivity index (χ0) is 32.3. The standard InChI is InChI=1S/C42H77NO2/c1-4-6-8-10-12-13-14-15-16-17-18-19-21-25-29-33-42(44,45-41-35-39-36-43-37-40(39)41)34-30-26-22-20-24-28-32-38(3)31-27-23-11-9-7-5-2/h10,12,14-15,23,27,38-41,43-44H,4-9,11,13,16-22,24-26,28-37H2,1-3H3/b12-10+,15-14-,27-23-. The first kappa shape index (κ1) is 40.3. The van der Waals surface area contributed by atoms with Gasteiger partial charge in [0.2, 0.25) is 0 Å². The molecule has 0 amide bonds. The summed E-state index contributed by atoms with van der Waals surface area (Å²) in [5, 5.41) is 15.2. The van der Waals surface area contributed by atoms with E-state index in [9.17, 15) is 5.11 Å². The molecule has 2 fully saturated rings. The summed E-state index contributed by atoms with van der Waals surface area (Å²) < 4.78 is 6.54. The Kier molecular flexibility index (Phi) is 24.2. The number of hydrogen-bond donors (Lipinski definition) is 2. The van der Waals surface area contributed by atoms with Crippen molar-refractivity contribution in [2.24, 2.45) is 17.8 Å². The van der Waals surface area contributed by atoms with Crippen molar-refractivity contribution in [2.75, 3.05) is 13.1 Å². The van der Waals surface area contributed by atoms with Crippen LogP contribution in [0.1, 0.15) is 188 Å². The van der Waals surface area contributed by atoms with Crippen molar-refractivity contribution >= 4 is 0 Å². The molecule has 5 unspecified atom stereocenters. The normalized spacial score (nSPS) is 22.0. The monoisotopic (exact) mass is 628 g/mol. The van der Waals surface area contributed by atoms with Gasteiger partial charge in [0.15, 0.2) is 5.79 Å². The lowest BCUT2D eigenvalue weighted by atomic mass is 9.73. The number of ether oxygens (including phenoxy) is 1. The van der Waals surface area contributed by atoms with Crippen molar-refractivity contribution in [2.45, 2.75) is 200 Å². The van der Waals surface area contributed by atoms with Gasteiger partial charge in [-0.15, -0.1) is 0 Å². The zero-order valence-corrected chi connectivity index (χ0v) is 30.4. The van der Waals surface area contributed by atoms with Crippen molar-refractivity contribution in [1.29, 1.82) is 0 Å². The van der Waals surface area contributed by atoms with Crippen LogP contribution in [0.2, 0.25) is 0 Å². The van der Waals surface area contributed by atoms with Gasteiger partial charge in [-0.2, -0.15) is 0 Å². The molecule has 3 heteroatoms. The van der Waals surface area contributed by atoms with Crippen molar-refractivity contribution in [3.05, 3.63) is 36.5 Å². The summed E-state index contributed by atoms with van der Waals surface area (Å²) in [6.45, 7) is 9.16. The van der Waals surface area contributed by atoms with Gasteiger partial charge in [0.1, 0.15) is 0 Å². The quantitative estimate of drug-likeness (QED) is 0.0456. The van der Waals surface area contributed by atoms with Gasteiger partial charge in [0, 0.05) is 25.3 Å². The maximum absolute atomic E-state index is 11.6. The lowest BCUT2D eigenvalue weighted by Gasteiger charge is -2.44. The summed E-state index contributed by atoms with van der Waals surface area (Å²) >= 11 is 0. The third kappa shape index (κ3) is 20.2. The van der Waals surface area contributed by atoms with Gasteiger partial charge in [-0.25, -0.2) is 0 Å². The molecule has 45 heavy (non-hydrogen) atoms. The molecule has 0 bridgehead atoms. The average Bonchev–Trinajstić information content (AvgIpc) is 3.41. The molecule has 2 N–H and O–H groups in total. The Balaban J connectivity index is 1.53. The summed E-state index contributed by atoms with van der Waals surface area (Å²) in [5.41, 5.74) is 0. The second kappa shape index (κ2) is 27.1. The van der Waals surface area contributed by atoms with Crippen molar-refractivity contribution < 1.29 is 9.84 Å². The van der Waals surface area contributed by atoms with E-state index in [0.717, 1.165) is 63.5 Å². The first-order valence-electron chi connectivity index (χ1n) is 20.1. The first-order chi connectivity index (χ1) is 22.1. The maximum Gasteiger partial charge on any atom is 0.165 e. The Morgan fingerprint density at radius 1 is 0.667 bits per heavy atom. The van der Waals surface area contributed by atoms with E-state index in [1.54, 1.807) is 0 Å². The largest absolute Gasteiger partial charge is 0.365 e. The van der Waals surface area contributed by atoms with E-state index in [1.165, 1.54) is 128 Å². The summed E-state index contributed by atoms with van der Waals surface area (Å²) in [6, 6.07) is 0. The highest BCUT2D eigenvalue weighted by molar-refractivity contribution is 4.98. The molecular formula is C42H77NO2. The minimum absolute atomic E-state index is 0.267. The van der Waals surface area contributed by atoms with Crippen LogP contribution in [0.5, 0.6) is 0 Å². The average molecular weight is 628 g/mol. The van der Waals surface area contributed by atoms with Crippen LogP contribution < -0.4 is 5.32 Å². The van der Waals surface area contributed by atoms with E-state index in [1.807, 2.05) is 0 Å². The van der Waals surface area contributed by atoms with Crippen LogP contribution in [0.25, 0.3) is 0 Å². The summed E-state index contributed by atoms with van der Waals surface area (Å²) in [6.07, 6.45) is 46.4. The topological polar surface area (TPSA) is 41.5 Å². The Morgan fingerprint density at radius 2 is 1.22 bits per heavy atom. The fourth-order valence-electron chi connectivity index (χ4n) is 7.26. The van der Waals surface area contributed by atoms with Crippen LogP contribution in [-0.2, 0) is 4.74 Å². The number of nitrogens with one attached hydrogen (secondary N) is 1. The first-order valence-corrected chi connectivity index (χ1v) is 20.1. The van der Waals surface area contributed by atoms with Gasteiger partial charge in [-0.3, -0.25) is 0 Å². The SMILES string of the molecule is CCCC/C=C/C/C=C\CCCCCCCCC(O)(CCCCCCCCC(C)C/C=C\CCCCC)OC1CC2CNCC21. The fraction of sp³-hybridized carbons (Fsp3) is 0.857. The number of allylic oxidation sites excluding steroid dienone is 6. The third-order valence-corrected chi connectivity index (χ3v) is 10.5. The molecule has 262 valence electrons. The fourth-order valence-corrected chi connectivity index (χ4v) is 7.26. The number of aliphatic hydroxyl groups is 1. The van der Waals surface area contributed by atoms with E-state index in [4.69, 9.17) is 4.74 Å². The van der Waals surface area contributed by atoms with Gasteiger partial charge in [0.25, 0.3) is 0 Å². The van der Waals surface area contributed by atoms with E-state index < -0.39 is 5.79 Å². The molecule has 3 nitrogen and oxygen atoms in total. The van der Waals surface area contributed by atoms with Gasteiger partial charge in [-0.05, 0) is 82.6 Å². The van der Waals surface area contributed by atoms with Crippen LogP contribution in [-0.4, -0.2) is 30.1 Å². The summed E-state index contributed by atoms with van der Waals surface area (Å²) in [4.78, 5) is 0. The molecular weight excluding hydrogens is 550 g/mol. The molecule has 1 saturated carbocycles. The Bertz CT molecular complexity index is 760. The number of unbranched alkanes of at least 4 members (excludes halogenated alkanes) is 16. The van der Waals surface area contributed by atoms with Crippen molar-refractivity contribution in [3.8, 4) is 0 Å². The third-order valence-electron chi connectivity index (χ3n) is 10.5. The van der Waals surface area contributed by atoms with Crippen LogP contribution in [0.3, 0.4) is 0 Å². The molecule has 0 radical (unpaired) electrons. The van der Waals surface area contributed by atoms with Crippen LogP contribution in [0.15, 0.2) is 36.5 Å². The number of hydrogen-bond acceptors (Lipinski definition) is 3. The molecule has 1 saturated heterocycles. The van der Waals surface area contributed by atoms with Gasteiger partial charge >= 0.3 is 0 Å². The van der Waals surface area contributed by atoms with E-state index >= 15 is 0 Å². The molecule has 0 aromatic heterocycles. The number of rotatable bonds is 31.